The molecule has 0 radical (unpaired) electrons. The van der Waals surface area contributed by atoms with Gasteiger partial charge in [0.05, 0.1) is 24.9 Å². The maximum absolute atomic E-state index is 10.0. The molecular formula is C27H45NO3. The van der Waals surface area contributed by atoms with Crippen LogP contribution < -0.4 is 0 Å². The highest BCUT2D eigenvalue weighted by atomic mass is 16.5. The molecule has 176 valence electrons. The Bertz CT molecular complexity index is 661. The summed E-state index contributed by atoms with van der Waals surface area (Å²) in [4.78, 5) is 2.60. The van der Waals surface area contributed by atoms with Gasteiger partial charge in [-0.3, -0.25) is 4.90 Å². The van der Waals surface area contributed by atoms with Crippen molar-refractivity contribution < 1.29 is 14.9 Å². The van der Waals surface area contributed by atoms with Crippen molar-refractivity contribution in [2.75, 3.05) is 26.2 Å². The Hall–Kier alpha value is -0.680. The van der Waals surface area contributed by atoms with Gasteiger partial charge in [-0.25, -0.2) is 0 Å². The summed E-state index contributed by atoms with van der Waals surface area (Å²) in [6, 6.07) is 0. The van der Waals surface area contributed by atoms with Crippen LogP contribution in [0.4, 0.5) is 0 Å². The average Bonchev–Trinajstić information content (AvgIpc) is 3.07. The molecule has 4 rings (SSSR count). The van der Waals surface area contributed by atoms with E-state index in [9.17, 15) is 10.2 Å². The highest BCUT2D eigenvalue weighted by Crippen LogP contribution is 2.59. The van der Waals surface area contributed by atoms with Crippen molar-refractivity contribution in [2.45, 2.75) is 96.9 Å². The fourth-order valence-corrected chi connectivity index (χ4v) is 7.43. The lowest BCUT2D eigenvalue weighted by molar-refractivity contribution is -0.0216. The SMILES string of the molecule is C[C@H](CCN1CCO[C@@H](C)C1)[C@H]1CC[C@H]2/C(=C/C=C3C[C@@H](O)C[C@H](O)C3)CCC[C@]12C. The number of hydrogen-bond donors (Lipinski definition) is 2. The maximum Gasteiger partial charge on any atom is 0.0674 e. The van der Waals surface area contributed by atoms with E-state index in [1.165, 1.54) is 50.6 Å². The van der Waals surface area contributed by atoms with Crippen molar-refractivity contribution in [3.8, 4) is 0 Å². The molecule has 1 saturated heterocycles. The number of hydrogen-bond acceptors (Lipinski definition) is 4. The summed E-state index contributed by atoms with van der Waals surface area (Å²) in [5.41, 5.74) is 3.28. The predicted molar refractivity (Wildman–Crippen MR) is 126 cm³/mol. The fraction of sp³-hybridized carbons (Fsp3) is 0.852. The molecule has 0 aromatic rings. The maximum atomic E-state index is 10.0. The van der Waals surface area contributed by atoms with E-state index in [1.807, 2.05) is 0 Å². The standard InChI is InChI=1S/C27H45NO3/c1-19(10-12-28-13-14-31-20(2)18-28)25-8-9-26-22(5-4-11-27(25,26)3)7-6-21-15-23(29)17-24(30)16-21/h6-7,19-20,23-26,29-30H,4-5,8-18H2,1-3H3/b22-7+/t19-,20+,23-,24-,25-,26+,27-/m1/s1. The van der Waals surface area contributed by atoms with Gasteiger partial charge in [-0.05, 0) is 94.4 Å². The summed E-state index contributed by atoms with van der Waals surface area (Å²) in [5, 5.41) is 20.0. The van der Waals surface area contributed by atoms with Gasteiger partial charge in [0.1, 0.15) is 0 Å². The van der Waals surface area contributed by atoms with Crippen molar-refractivity contribution in [1.82, 2.24) is 4.90 Å². The Labute approximate surface area is 189 Å². The minimum Gasteiger partial charge on any atom is -0.393 e. The molecule has 4 fully saturated rings. The van der Waals surface area contributed by atoms with Gasteiger partial charge in [0.2, 0.25) is 0 Å². The van der Waals surface area contributed by atoms with Crippen LogP contribution in [-0.4, -0.2) is 59.7 Å². The molecule has 1 heterocycles. The molecule has 31 heavy (non-hydrogen) atoms. The van der Waals surface area contributed by atoms with Crippen molar-refractivity contribution >= 4 is 0 Å². The lowest BCUT2D eigenvalue weighted by Crippen LogP contribution is -2.42. The molecule has 4 aliphatic rings. The first-order chi connectivity index (χ1) is 14.8. The smallest absolute Gasteiger partial charge is 0.0674 e. The van der Waals surface area contributed by atoms with Crippen LogP contribution in [0.3, 0.4) is 0 Å². The van der Waals surface area contributed by atoms with Gasteiger partial charge in [0.25, 0.3) is 0 Å². The van der Waals surface area contributed by atoms with Crippen molar-refractivity contribution in [3.05, 3.63) is 23.3 Å². The van der Waals surface area contributed by atoms with Gasteiger partial charge in [0.15, 0.2) is 0 Å². The summed E-state index contributed by atoms with van der Waals surface area (Å²) in [5.74, 6) is 2.31. The minimum absolute atomic E-state index is 0.379. The molecule has 7 atom stereocenters. The summed E-state index contributed by atoms with van der Waals surface area (Å²) in [6.45, 7) is 11.6. The summed E-state index contributed by atoms with van der Waals surface area (Å²) in [6.07, 6.45) is 14.1. The first kappa shape index (κ1) is 23.5. The third-order valence-corrected chi connectivity index (χ3v) is 9.02. The second-order valence-corrected chi connectivity index (χ2v) is 11.4. The summed E-state index contributed by atoms with van der Waals surface area (Å²) >= 11 is 0. The Morgan fingerprint density at radius 1 is 1.19 bits per heavy atom. The lowest BCUT2D eigenvalue weighted by Gasteiger charge is -2.44. The van der Waals surface area contributed by atoms with Gasteiger partial charge in [-0.15, -0.1) is 0 Å². The van der Waals surface area contributed by atoms with Gasteiger partial charge in [-0.1, -0.05) is 37.1 Å². The first-order valence-corrected chi connectivity index (χ1v) is 12.9. The van der Waals surface area contributed by atoms with E-state index in [2.05, 4.69) is 37.8 Å². The zero-order valence-electron chi connectivity index (χ0n) is 20.1. The van der Waals surface area contributed by atoms with Crippen LogP contribution in [0.15, 0.2) is 23.3 Å². The zero-order chi connectivity index (χ0) is 22.0. The zero-order valence-corrected chi connectivity index (χ0v) is 20.1. The van der Waals surface area contributed by atoms with Crippen LogP contribution in [0.5, 0.6) is 0 Å². The van der Waals surface area contributed by atoms with E-state index in [4.69, 9.17) is 4.74 Å². The normalized spacial score (nSPS) is 41.9. The molecule has 0 bridgehead atoms. The van der Waals surface area contributed by atoms with Crippen molar-refractivity contribution in [3.63, 3.8) is 0 Å². The molecule has 3 aliphatic carbocycles. The molecule has 4 heteroatoms. The molecule has 0 unspecified atom stereocenters. The van der Waals surface area contributed by atoms with E-state index in [-0.39, 0.29) is 12.2 Å². The monoisotopic (exact) mass is 431 g/mol. The lowest BCUT2D eigenvalue weighted by atomic mass is 9.61. The molecule has 2 N–H and O–H groups in total. The first-order valence-electron chi connectivity index (χ1n) is 12.9. The molecule has 4 nitrogen and oxygen atoms in total. The molecule has 0 amide bonds. The molecule has 3 saturated carbocycles. The van der Waals surface area contributed by atoms with Gasteiger partial charge < -0.3 is 14.9 Å². The van der Waals surface area contributed by atoms with Crippen LogP contribution in [0.2, 0.25) is 0 Å². The number of rotatable bonds is 5. The molecule has 0 aromatic heterocycles. The van der Waals surface area contributed by atoms with E-state index in [1.54, 1.807) is 5.57 Å². The Kier molecular flexibility index (Phi) is 7.63. The van der Waals surface area contributed by atoms with Crippen LogP contribution in [-0.2, 0) is 4.74 Å². The Morgan fingerprint density at radius 3 is 2.71 bits per heavy atom. The quantitative estimate of drug-likeness (QED) is 0.662. The van der Waals surface area contributed by atoms with E-state index in [0.29, 0.717) is 23.9 Å². The van der Waals surface area contributed by atoms with Gasteiger partial charge >= 0.3 is 0 Å². The molecule has 0 spiro atoms. The third kappa shape index (κ3) is 5.46. The number of ether oxygens (including phenoxy) is 1. The number of allylic oxidation sites excluding steroid dienone is 3. The number of morpholine rings is 1. The van der Waals surface area contributed by atoms with Crippen molar-refractivity contribution in [1.29, 1.82) is 0 Å². The second kappa shape index (κ2) is 10.1. The number of fused-ring (bicyclic) bond motifs is 1. The van der Waals surface area contributed by atoms with Gasteiger partial charge in [0, 0.05) is 13.1 Å². The third-order valence-electron chi connectivity index (χ3n) is 9.02. The van der Waals surface area contributed by atoms with Crippen LogP contribution >= 0.6 is 0 Å². The summed E-state index contributed by atoms with van der Waals surface area (Å²) in [7, 11) is 0. The summed E-state index contributed by atoms with van der Waals surface area (Å²) < 4.78 is 5.71. The predicted octanol–water partition coefficient (Wildman–Crippen LogP) is 4.71. The topological polar surface area (TPSA) is 52.9 Å². The minimum atomic E-state index is -0.379. The van der Waals surface area contributed by atoms with E-state index >= 15 is 0 Å². The van der Waals surface area contributed by atoms with Crippen LogP contribution in [0.1, 0.15) is 78.6 Å². The number of aliphatic hydroxyl groups excluding tert-OH is 2. The molecule has 0 aromatic carbocycles. The van der Waals surface area contributed by atoms with E-state index in [0.717, 1.165) is 44.4 Å². The second-order valence-electron chi connectivity index (χ2n) is 11.4. The van der Waals surface area contributed by atoms with Crippen molar-refractivity contribution in [2.24, 2.45) is 23.2 Å². The van der Waals surface area contributed by atoms with Crippen LogP contribution in [0.25, 0.3) is 0 Å². The van der Waals surface area contributed by atoms with E-state index < -0.39 is 0 Å². The average molecular weight is 432 g/mol. The fourth-order valence-electron chi connectivity index (χ4n) is 7.43. The molecule has 1 aliphatic heterocycles. The number of aliphatic hydroxyl groups is 2. The Morgan fingerprint density at radius 2 is 1.97 bits per heavy atom. The molecular weight excluding hydrogens is 386 g/mol. The highest BCUT2D eigenvalue weighted by molar-refractivity contribution is 5.26. The van der Waals surface area contributed by atoms with Gasteiger partial charge in [-0.2, -0.15) is 0 Å². The number of nitrogens with zero attached hydrogens (tertiary/aromatic N) is 1. The Balaban J connectivity index is 1.39. The highest BCUT2D eigenvalue weighted by Gasteiger charge is 2.50. The largest absolute Gasteiger partial charge is 0.393 e. The van der Waals surface area contributed by atoms with Crippen LogP contribution in [0, 0.1) is 23.2 Å².